The summed E-state index contributed by atoms with van der Waals surface area (Å²) < 4.78 is 0. The maximum Gasteiger partial charge on any atom is 0.0611 e. The lowest BCUT2D eigenvalue weighted by Crippen LogP contribution is -2.40. The molecule has 0 bridgehead atoms. The number of aliphatic hydroxyl groups excluding tert-OH is 1. The second-order valence-corrected chi connectivity index (χ2v) is 6.49. The van der Waals surface area contributed by atoms with Crippen molar-refractivity contribution in [2.45, 2.75) is 56.0 Å². The third kappa shape index (κ3) is 2.55. The molecule has 3 nitrogen and oxygen atoms in total. The lowest BCUT2D eigenvalue weighted by atomic mass is 9.85. The zero-order valence-corrected chi connectivity index (χ0v) is 11.4. The van der Waals surface area contributed by atoms with Crippen LogP contribution in [0, 0.1) is 0 Å². The van der Waals surface area contributed by atoms with Gasteiger partial charge in [0.1, 0.15) is 0 Å². The van der Waals surface area contributed by atoms with Crippen molar-refractivity contribution in [3.05, 3.63) is 34.9 Å². The zero-order valence-electron chi connectivity index (χ0n) is 11.4. The molecule has 3 rings (SSSR count). The Bertz CT molecular complexity index is 474. The van der Waals surface area contributed by atoms with Gasteiger partial charge in [-0.25, -0.2) is 0 Å². The molecule has 0 saturated heterocycles. The van der Waals surface area contributed by atoms with Gasteiger partial charge in [-0.15, -0.1) is 0 Å². The molecular formula is C16H24N2O. The number of aliphatic hydroxyl groups is 1. The molecule has 1 saturated carbocycles. The van der Waals surface area contributed by atoms with Crippen LogP contribution in [0.4, 0.5) is 0 Å². The van der Waals surface area contributed by atoms with Gasteiger partial charge in [0.05, 0.1) is 6.61 Å². The van der Waals surface area contributed by atoms with Gasteiger partial charge in [-0.3, -0.25) is 0 Å². The summed E-state index contributed by atoms with van der Waals surface area (Å²) in [6.07, 6.45) is 6.13. The van der Waals surface area contributed by atoms with Crippen molar-refractivity contribution in [1.29, 1.82) is 0 Å². The molecule has 2 aliphatic carbocycles. The molecule has 19 heavy (non-hydrogen) atoms. The van der Waals surface area contributed by atoms with Crippen LogP contribution in [0.15, 0.2) is 18.2 Å². The fraction of sp³-hybridized carbons (Fsp3) is 0.625. The molecular weight excluding hydrogens is 236 g/mol. The topological polar surface area (TPSA) is 72.3 Å². The Morgan fingerprint density at radius 3 is 2.84 bits per heavy atom. The summed E-state index contributed by atoms with van der Waals surface area (Å²) in [5.74, 6) is 0.512. The molecule has 0 radical (unpaired) electrons. The summed E-state index contributed by atoms with van der Waals surface area (Å²) >= 11 is 0. The van der Waals surface area contributed by atoms with E-state index in [9.17, 15) is 5.11 Å². The number of nitrogens with two attached hydrogens (primary N) is 2. The average molecular weight is 260 g/mol. The molecule has 1 unspecified atom stereocenters. The SMILES string of the molecule is NC1CCc2cc([C@H]3CC[C@](N)(CO)C3)ccc2C1. The van der Waals surface area contributed by atoms with Crippen molar-refractivity contribution in [2.24, 2.45) is 11.5 Å². The van der Waals surface area contributed by atoms with Crippen LogP contribution in [-0.2, 0) is 12.8 Å². The van der Waals surface area contributed by atoms with Gasteiger partial charge in [0.2, 0.25) is 0 Å². The first-order valence-electron chi connectivity index (χ1n) is 7.37. The highest BCUT2D eigenvalue weighted by molar-refractivity contribution is 5.37. The predicted molar refractivity (Wildman–Crippen MR) is 77.0 cm³/mol. The Hall–Kier alpha value is -0.900. The average Bonchev–Trinajstić information content (AvgIpc) is 2.82. The minimum Gasteiger partial charge on any atom is -0.394 e. The van der Waals surface area contributed by atoms with Crippen molar-refractivity contribution in [3.63, 3.8) is 0 Å². The van der Waals surface area contributed by atoms with Crippen LogP contribution in [0.25, 0.3) is 0 Å². The molecule has 1 aromatic carbocycles. The lowest BCUT2D eigenvalue weighted by molar-refractivity contribution is 0.198. The Morgan fingerprint density at radius 2 is 2.11 bits per heavy atom. The van der Waals surface area contributed by atoms with E-state index in [2.05, 4.69) is 18.2 Å². The highest BCUT2D eigenvalue weighted by Crippen LogP contribution is 2.40. The number of hydrogen-bond acceptors (Lipinski definition) is 3. The van der Waals surface area contributed by atoms with E-state index in [4.69, 9.17) is 11.5 Å². The molecule has 1 fully saturated rings. The van der Waals surface area contributed by atoms with Gasteiger partial charge in [0, 0.05) is 11.6 Å². The van der Waals surface area contributed by atoms with Crippen LogP contribution in [-0.4, -0.2) is 23.3 Å². The number of benzene rings is 1. The molecule has 3 heteroatoms. The normalized spacial score (nSPS) is 34.3. The molecule has 2 aliphatic rings. The predicted octanol–water partition coefficient (Wildman–Crippen LogP) is 1.46. The van der Waals surface area contributed by atoms with E-state index in [1.807, 2.05) is 0 Å². The molecule has 0 amide bonds. The number of aryl methyl sites for hydroxylation is 1. The summed E-state index contributed by atoms with van der Waals surface area (Å²) in [6, 6.07) is 7.18. The fourth-order valence-corrected chi connectivity index (χ4v) is 3.64. The Kier molecular flexibility index (Phi) is 3.37. The molecule has 1 aromatic rings. The zero-order chi connectivity index (χ0) is 13.5. The van der Waals surface area contributed by atoms with Crippen LogP contribution in [0.3, 0.4) is 0 Å². The third-order valence-corrected chi connectivity index (χ3v) is 4.93. The molecule has 0 heterocycles. The summed E-state index contributed by atoms with van der Waals surface area (Å²) in [6.45, 7) is 0.100. The quantitative estimate of drug-likeness (QED) is 0.754. The van der Waals surface area contributed by atoms with Crippen molar-refractivity contribution >= 4 is 0 Å². The Morgan fingerprint density at radius 1 is 1.26 bits per heavy atom. The number of hydrogen-bond donors (Lipinski definition) is 3. The molecule has 5 N–H and O–H groups in total. The summed E-state index contributed by atoms with van der Waals surface area (Å²) in [4.78, 5) is 0. The van der Waals surface area contributed by atoms with Crippen LogP contribution in [0.1, 0.15) is 48.3 Å². The van der Waals surface area contributed by atoms with Crippen molar-refractivity contribution in [1.82, 2.24) is 0 Å². The largest absolute Gasteiger partial charge is 0.394 e. The summed E-state index contributed by atoms with van der Waals surface area (Å²) in [5, 5.41) is 9.37. The molecule has 104 valence electrons. The second kappa shape index (κ2) is 4.89. The maximum atomic E-state index is 9.37. The smallest absolute Gasteiger partial charge is 0.0611 e. The summed E-state index contributed by atoms with van der Waals surface area (Å²) in [5.41, 5.74) is 16.1. The second-order valence-electron chi connectivity index (χ2n) is 6.49. The van der Waals surface area contributed by atoms with Crippen LogP contribution < -0.4 is 11.5 Å². The number of rotatable bonds is 2. The Balaban J connectivity index is 1.80. The van der Waals surface area contributed by atoms with Crippen LogP contribution in [0.5, 0.6) is 0 Å². The maximum absolute atomic E-state index is 9.37. The van der Waals surface area contributed by atoms with Crippen LogP contribution >= 0.6 is 0 Å². The first-order chi connectivity index (χ1) is 9.09. The van der Waals surface area contributed by atoms with E-state index in [0.717, 1.165) is 38.5 Å². The van der Waals surface area contributed by atoms with Gasteiger partial charge in [-0.2, -0.15) is 0 Å². The minimum atomic E-state index is -0.358. The summed E-state index contributed by atoms with van der Waals surface area (Å²) in [7, 11) is 0. The van der Waals surface area contributed by atoms with E-state index >= 15 is 0 Å². The molecule has 3 atom stereocenters. The van der Waals surface area contributed by atoms with Gasteiger partial charge in [-0.05, 0) is 61.1 Å². The van der Waals surface area contributed by atoms with E-state index in [-0.39, 0.29) is 12.1 Å². The Labute approximate surface area is 115 Å². The van der Waals surface area contributed by atoms with Gasteiger partial charge in [0.15, 0.2) is 0 Å². The molecule has 0 aliphatic heterocycles. The van der Waals surface area contributed by atoms with Gasteiger partial charge in [0.25, 0.3) is 0 Å². The van der Waals surface area contributed by atoms with Crippen LogP contribution in [0.2, 0.25) is 0 Å². The van der Waals surface area contributed by atoms with E-state index < -0.39 is 0 Å². The fourth-order valence-electron chi connectivity index (χ4n) is 3.64. The first-order valence-corrected chi connectivity index (χ1v) is 7.37. The monoisotopic (exact) mass is 260 g/mol. The van der Waals surface area contributed by atoms with E-state index in [1.165, 1.54) is 16.7 Å². The standard InChI is InChI=1S/C16H24N2O/c17-15-4-3-11-7-12(1-2-13(11)8-15)14-5-6-16(18,9-14)10-19/h1-2,7,14-15,19H,3-6,8-10,17-18H2/t14-,15?,16+/m0/s1. The van der Waals surface area contributed by atoms with Gasteiger partial charge in [-0.1, -0.05) is 18.2 Å². The first kappa shape index (κ1) is 13.1. The minimum absolute atomic E-state index is 0.100. The van der Waals surface area contributed by atoms with Gasteiger partial charge < -0.3 is 16.6 Å². The van der Waals surface area contributed by atoms with Gasteiger partial charge >= 0.3 is 0 Å². The van der Waals surface area contributed by atoms with E-state index in [0.29, 0.717) is 12.0 Å². The third-order valence-electron chi connectivity index (χ3n) is 4.93. The van der Waals surface area contributed by atoms with E-state index in [1.54, 1.807) is 0 Å². The van der Waals surface area contributed by atoms with Crippen molar-refractivity contribution in [3.8, 4) is 0 Å². The lowest BCUT2D eigenvalue weighted by Gasteiger charge is -2.24. The van der Waals surface area contributed by atoms with Crippen molar-refractivity contribution in [2.75, 3.05) is 6.61 Å². The highest BCUT2D eigenvalue weighted by Gasteiger charge is 2.36. The molecule has 0 spiro atoms. The molecule has 0 aromatic heterocycles. The number of fused-ring (bicyclic) bond motifs is 1. The highest BCUT2D eigenvalue weighted by atomic mass is 16.3. The van der Waals surface area contributed by atoms with Crippen molar-refractivity contribution < 1.29 is 5.11 Å².